The van der Waals surface area contributed by atoms with Gasteiger partial charge in [0.2, 0.25) is 16.5 Å². The number of nitrogens with zero attached hydrogens (tertiary/aromatic N) is 13. The molecule has 5 aromatic carbocycles. The number of aryl methyl sites for hydroxylation is 3. The summed E-state index contributed by atoms with van der Waals surface area (Å²) in [5, 5.41) is 66.2. The van der Waals surface area contributed by atoms with Crippen molar-refractivity contribution in [2.75, 3.05) is 116 Å². The van der Waals surface area contributed by atoms with Gasteiger partial charge in [0, 0.05) is 129 Å². The van der Waals surface area contributed by atoms with Crippen molar-refractivity contribution in [1.82, 2.24) is 39.7 Å². The molecule has 13 rings (SSSR count). The van der Waals surface area contributed by atoms with Crippen molar-refractivity contribution in [1.29, 1.82) is 15.8 Å². The fraction of sp³-hybridized carbons (Fsp3) is 0.343. The van der Waals surface area contributed by atoms with Gasteiger partial charge in [-0.05, 0) is 172 Å². The minimum absolute atomic E-state index is 0. The third kappa shape index (κ3) is 23.6. The van der Waals surface area contributed by atoms with Gasteiger partial charge in [0.1, 0.15) is 16.8 Å². The van der Waals surface area contributed by atoms with Gasteiger partial charge in [-0.15, -0.1) is 0 Å². The van der Waals surface area contributed by atoms with Crippen LogP contribution in [0.25, 0.3) is 0 Å². The Labute approximate surface area is 653 Å². The van der Waals surface area contributed by atoms with E-state index in [1.165, 1.54) is 0 Å². The van der Waals surface area contributed by atoms with E-state index in [4.69, 9.17) is 95.0 Å². The molecule has 2 aliphatic heterocycles. The van der Waals surface area contributed by atoms with Crippen molar-refractivity contribution in [3.63, 3.8) is 0 Å². The maximum atomic E-state index is 9.53. The first-order valence-electron chi connectivity index (χ1n) is 31.5. The fourth-order valence-corrected chi connectivity index (χ4v) is 11.8. The topological polar surface area (TPSA) is 340 Å². The van der Waals surface area contributed by atoms with Crippen LogP contribution in [0.2, 0.25) is 25.8 Å². The number of aliphatic hydroxyl groups excluding tert-OH is 2. The van der Waals surface area contributed by atoms with Crippen LogP contribution in [0.15, 0.2) is 128 Å². The van der Waals surface area contributed by atoms with E-state index < -0.39 is 0 Å². The Kier molecular flexibility index (Phi) is 32.4. The van der Waals surface area contributed by atoms with Crippen LogP contribution in [0, 0.1) is 54.8 Å². The Bertz CT molecular complexity index is 4150. The second-order valence-electron chi connectivity index (χ2n) is 23.9. The monoisotopic (exact) mass is 1470 g/mol. The van der Waals surface area contributed by atoms with Gasteiger partial charge in [0.05, 0.1) is 69.1 Å². The molecule has 0 amide bonds. The van der Waals surface area contributed by atoms with E-state index in [2.05, 4.69) is 88.5 Å². The minimum Gasteiger partial charge on any atom is -1.00 e. The molecule has 3 saturated carbocycles. The Morgan fingerprint density at radius 1 is 0.540 bits per heavy atom. The maximum absolute atomic E-state index is 9.53. The van der Waals surface area contributed by atoms with Crippen molar-refractivity contribution < 1.29 is 85.7 Å². The molecule has 5 aliphatic rings. The summed E-state index contributed by atoms with van der Waals surface area (Å²) < 4.78 is 0. The van der Waals surface area contributed by atoms with E-state index in [0.29, 0.717) is 45.0 Å². The molecule has 3 aromatic heterocycles. The zero-order chi connectivity index (χ0) is 70.4. The van der Waals surface area contributed by atoms with Gasteiger partial charge in [-0.3, -0.25) is 14.6 Å². The van der Waals surface area contributed by atoms with Crippen LogP contribution < -0.4 is 102 Å². The number of hydrogen-bond donors (Lipinski definition) is 7. The van der Waals surface area contributed by atoms with Crippen LogP contribution >= 0.6 is 58.0 Å². The van der Waals surface area contributed by atoms with E-state index in [1.54, 1.807) is 24.7 Å². The quantitative estimate of drug-likeness (QED) is 0.0114. The SMILES string of the molecule is Cc1cnc(Cl)nc1Cl.Cc1cnc(Cl)nc1Nc1cccc(C2(C#N)CC2)c1.Cc1cnc(Nc2ccc(N3CCN(CCO)CC3)c(Cl)c2)nc1Nc1cccc(C2(C#N)CC2)c1.N#CC1(c2cccc(N)c2)CC1.Nc1ccc(N2CCN(CCO)CC2)c(Cl)c1.O=CO[O-].[H-].[Na+].[Na+]. The Hall–Kier alpha value is -6.87. The number of nitriles is 3. The third-order valence-electron chi connectivity index (χ3n) is 17.0. The standard InChI is InChI=1S/C27H30ClN7O.C15H13ClN4.C12H18ClN3O.C10H10N2.C5H4Cl2N2.CH2O3.2Na.H/c1-19-17-30-26(33-25(19)31-21-4-2-3-20(15-21)27(18-29)7-8-27)32-22-5-6-24(23(28)16-22)35-11-9-34(10-12-35)13-14-36;1-10-8-18-14(16)20-13(10)19-12-4-2-3-11(7-12)15(9-17)5-6-15;13-11-9-10(14)1-2-12(11)16-5-3-15(4-6-16)7-8-17;11-7-10(4-5-10)8-2-1-3-9(12)6-8;1-3-2-8-5(7)9-4(3)6;2-1-4-3;;;/h2-6,15-17,36H,7-14H2,1H3,(H2,30,31,32,33);2-4,7-8H,5-6H2,1H3,(H,18,19,20);1-2,9,17H,3-8,14H2;1-3,6H,4-5,12H2;2H,1H3;1,3H;;;/q;;;;;;2*+1;-1/p-1. The number of nitrogen functional groups attached to an aromatic ring is 2. The van der Waals surface area contributed by atoms with Crippen molar-refractivity contribution in [2.45, 2.75) is 75.5 Å². The zero-order valence-corrected chi connectivity index (χ0v) is 64.2. The number of β-amino-alcohol motifs (C(OH)–C–C–N with tert-alkyl or cyclic N) is 2. The number of aliphatic hydroxyl groups is 2. The van der Waals surface area contributed by atoms with E-state index in [0.717, 1.165) is 165 Å². The first-order chi connectivity index (χ1) is 47.2. The van der Waals surface area contributed by atoms with E-state index >= 15 is 0 Å². The molecule has 0 atom stereocenters. The average Bonchev–Trinajstić information content (AvgIpc) is 1.65. The van der Waals surface area contributed by atoms with Crippen molar-refractivity contribution in [3.8, 4) is 18.2 Å². The second-order valence-corrected chi connectivity index (χ2v) is 25.8. The van der Waals surface area contributed by atoms with Crippen molar-refractivity contribution in [2.24, 2.45) is 0 Å². The van der Waals surface area contributed by atoms with Crippen LogP contribution in [0.3, 0.4) is 0 Å². The molecule has 30 heteroatoms. The molecule has 23 nitrogen and oxygen atoms in total. The van der Waals surface area contributed by atoms with Crippen LogP contribution in [0.1, 0.15) is 73.3 Å². The Balaban J connectivity index is 0.000000241. The summed E-state index contributed by atoms with van der Waals surface area (Å²) in [7, 11) is 0. The molecule has 0 bridgehead atoms. The third-order valence-corrected chi connectivity index (χ3v) is 18.3. The number of anilines is 10. The minimum atomic E-state index is -0.330. The van der Waals surface area contributed by atoms with E-state index in [9.17, 15) is 10.5 Å². The Morgan fingerprint density at radius 3 is 1.35 bits per heavy atom. The molecule has 514 valence electrons. The van der Waals surface area contributed by atoms with Gasteiger partial charge in [-0.1, -0.05) is 71.2 Å². The average molecular weight is 1470 g/mol. The van der Waals surface area contributed by atoms with E-state index in [-0.39, 0.29) is 107 Å². The summed E-state index contributed by atoms with van der Waals surface area (Å²) in [6, 6.07) is 42.3. The van der Waals surface area contributed by atoms with Crippen molar-refractivity contribution in [3.05, 3.63) is 187 Å². The number of piperazine rings is 2. The molecular formula is C70H77Cl5N18Na2O5. The van der Waals surface area contributed by atoms with Gasteiger partial charge >= 0.3 is 59.1 Å². The predicted molar refractivity (Wildman–Crippen MR) is 386 cm³/mol. The summed E-state index contributed by atoms with van der Waals surface area (Å²) in [6.07, 6.45) is 10.7. The first-order valence-corrected chi connectivity index (χ1v) is 33.4. The summed E-state index contributed by atoms with van der Waals surface area (Å²) in [5.74, 6) is 1.86. The summed E-state index contributed by atoms with van der Waals surface area (Å²) in [4.78, 5) is 44.9. The van der Waals surface area contributed by atoms with Gasteiger partial charge in [0.15, 0.2) is 0 Å². The van der Waals surface area contributed by atoms with Crippen molar-refractivity contribution >= 4 is 122 Å². The van der Waals surface area contributed by atoms with Crippen LogP contribution in [-0.2, 0) is 25.9 Å². The molecule has 100 heavy (non-hydrogen) atoms. The number of aromatic nitrogens is 6. The maximum Gasteiger partial charge on any atom is 1.00 e. The van der Waals surface area contributed by atoms with Crippen LogP contribution in [0.5, 0.6) is 0 Å². The molecule has 8 aromatic rings. The summed E-state index contributed by atoms with van der Waals surface area (Å²) in [6.45, 7) is 14.7. The number of halogens is 5. The van der Waals surface area contributed by atoms with Gasteiger partial charge in [0.25, 0.3) is 6.47 Å². The molecule has 0 unspecified atom stereocenters. The number of hydrogen-bond acceptors (Lipinski definition) is 23. The molecule has 5 fully saturated rings. The normalized spacial score (nSPS) is 15.4. The summed E-state index contributed by atoms with van der Waals surface area (Å²) in [5.41, 5.74) is 22.4. The smallest absolute Gasteiger partial charge is 1.00 e. The van der Waals surface area contributed by atoms with E-state index in [1.807, 2.05) is 124 Å². The molecule has 0 spiro atoms. The molecule has 5 heterocycles. The van der Waals surface area contributed by atoms with Gasteiger partial charge in [-0.25, -0.2) is 24.9 Å². The number of carbonyl (C=O) groups is 1. The second kappa shape index (κ2) is 39.5. The number of nitrogens with two attached hydrogens (primary N) is 2. The Morgan fingerprint density at radius 2 is 0.940 bits per heavy atom. The van der Waals surface area contributed by atoms with Gasteiger partial charge in [-0.2, -0.15) is 20.8 Å². The largest absolute Gasteiger partial charge is 1.00 e. The number of carbonyl (C=O) groups excluding carboxylic acids is 1. The number of benzene rings is 5. The van der Waals surface area contributed by atoms with Crippen LogP contribution in [-0.4, -0.2) is 135 Å². The fourth-order valence-electron chi connectivity index (χ4n) is 10.7. The number of nitrogens with one attached hydrogen (secondary N) is 3. The number of rotatable bonds is 16. The first kappa shape index (κ1) is 82.1. The predicted octanol–water partition coefficient (Wildman–Crippen LogP) is 5.84. The van der Waals surface area contributed by atoms with Crippen LogP contribution in [0.4, 0.5) is 57.4 Å². The van der Waals surface area contributed by atoms with Gasteiger partial charge < -0.3 is 59.0 Å². The molecule has 9 N–H and O–H groups in total. The molecule has 0 radical (unpaired) electrons. The molecule has 3 aliphatic carbocycles. The molecular weight excluding hydrogens is 1400 g/mol. The zero-order valence-electron chi connectivity index (χ0n) is 57.4. The summed E-state index contributed by atoms with van der Waals surface area (Å²) >= 11 is 29.6. The molecule has 2 saturated heterocycles.